The van der Waals surface area contributed by atoms with Crippen LogP contribution in [0.4, 0.5) is 4.39 Å². The quantitative estimate of drug-likeness (QED) is 0.274. The second-order valence-corrected chi connectivity index (χ2v) is 6.64. The summed E-state index contributed by atoms with van der Waals surface area (Å²) in [4.78, 5) is 6.67. The molecule has 1 heterocycles. The minimum Gasteiger partial charge on any atom is -0.373 e. The number of hydrogen-bond donors (Lipinski definition) is 2. The lowest BCUT2D eigenvalue weighted by atomic mass is 10.1. The predicted molar refractivity (Wildman–Crippen MR) is 116 cm³/mol. The van der Waals surface area contributed by atoms with Gasteiger partial charge in [0.05, 0.1) is 12.2 Å². The fraction of sp³-hybridized carbons (Fsp3) is 0.632. The van der Waals surface area contributed by atoms with Crippen molar-refractivity contribution in [2.24, 2.45) is 4.99 Å². The highest BCUT2D eigenvalue weighted by molar-refractivity contribution is 14.0. The largest absolute Gasteiger partial charge is 0.373 e. The van der Waals surface area contributed by atoms with Gasteiger partial charge in [-0.3, -0.25) is 9.89 Å². The summed E-state index contributed by atoms with van der Waals surface area (Å²) >= 11 is 0. The number of nitrogens with one attached hydrogen (secondary N) is 2. The zero-order valence-electron chi connectivity index (χ0n) is 16.0. The van der Waals surface area contributed by atoms with Gasteiger partial charge in [0.1, 0.15) is 5.82 Å². The third-order valence-corrected chi connectivity index (χ3v) is 4.31. The van der Waals surface area contributed by atoms with E-state index >= 15 is 0 Å². The fourth-order valence-electron chi connectivity index (χ4n) is 3.21. The number of halogens is 2. The van der Waals surface area contributed by atoms with Crippen molar-refractivity contribution < 1.29 is 9.13 Å². The predicted octanol–water partition coefficient (Wildman–Crippen LogP) is 2.65. The maximum Gasteiger partial charge on any atom is 0.190 e. The zero-order chi connectivity index (χ0) is 18.1. The Bertz CT molecular complexity index is 548. The molecule has 0 aromatic heterocycles. The molecule has 148 valence electrons. The van der Waals surface area contributed by atoms with Crippen LogP contribution in [-0.4, -0.2) is 62.8 Å². The Balaban J connectivity index is 0.00000338. The van der Waals surface area contributed by atoms with Crippen molar-refractivity contribution in [3.63, 3.8) is 0 Å². The standard InChI is InChI=1S/C19H31FN4O.HI/c1-15-13-24(14-16(2)25-15)12-6-10-22-19(21-3)23-11-9-17-7-4-5-8-18(17)20;/h4-5,7-8,15-16H,6,9-14H2,1-3H3,(H2,21,22,23);1H. The number of nitrogens with zero attached hydrogens (tertiary/aromatic N) is 2. The van der Waals surface area contributed by atoms with Gasteiger partial charge in [0, 0.05) is 39.8 Å². The third kappa shape index (κ3) is 8.18. The van der Waals surface area contributed by atoms with Crippen LogP contribution in [0.15, 0.2) is 29.3 Å². The number of hydrogen-bond acceptors (Lipinski definition) is 3. The molecular formula is C19H32FIN4O. The van der Waals surface area contributed by atoms with Crippen LogP contribution in [0.1, 0.15) is 25.8 Å². The Hall–Kier alpha value is -0.930. The molecule has 1 aromatic rings. The molecule has 7 heteroatoms. The Labute approximate surface area is 173 Å². The van der Waals surface area contributed by atoms with Gasteiger partial charge in [-0.2, -0.15) is 0 Å². The SMILES string of the molecule is CN=C(NCCCN1CC(C)OC(C)C1)NCCc1ccccc1F.I. The molecule has 1 aromatic carbocycles. The summed E-state index contributed by atoms with van der Waals surface area (Å²) < 4.78 is 19.3. The highest BCUT2D eigenvalue weighted by Crippen LogP contribution is 2.10. The normalized spacial score (nSPS) is 21.2. The average molecular weight is 478 g/mol. The molecular weight excluding hydrogens is 446 g/mol. The summed E-state index contributed by atoms with van der Waals surface area (Å²) in [6.07, 6.45) is 2.30. The first-order valence-corrected chi connectivity index (χ1v) is 9.14. The molecule has 0 spiro atoms. The van der Waals surface area contributed by atoms with Gasteiger partial charge in [-0.25, -0.2) is 4.39 Å². The zero-order valence-corrected chi connectivity index (χ0v) is 18.3. The summed E-state index contributed by atoms with van der Waals surface area (Å²) in [6, 6.07) is 6.88. The molecule has 2 atom stereocenters. The van der Waals surface area contributed by atoms with Crippen LogP contribution in [0.5, 0.6) is 0 Å². The number of ether oxygens (including phenoxy) is 1. The van der Waals surface area contributed by atoms with E-state index in [1.54, 1.807) is 13.1 Å². The summed E-state index contributed by atoms with van der Waals surface area (Å²) in [5.41, 5.74) is 0.723. The summed E-state index contributed by atoms with van der Waals surface area (Å²) in [6.45, 7) is 8.82. The number of rotatable bonds is 7. The van der Waals surface area contributed by atoms with E-state index in [2.05, 4.69) is 34.4 Å². The minimum absolute atomic E-state index is 0. The average Bonchev–Trinajstić information content (AvgIpc) is 2.57. The van der Waals surface area contributed by atoms with Crippen LogP contribution < -0.4 is 10.6 Å². The first kappa shape index (κ1) is 23.1. The molecule has 0 saturated carbocycles. The highest BCUT2D eigenvalue weighted by Gasteiger charge is 2.21. The molecule has 0 radical (unpaired) electrons. The maximum atomic E-state index is 13.6. The first-order chi connectivity index (χ1) is 12.1. The van der Waals surface area contributed by atoms with Crippen LogP contribution in [-0.2, 0) is 11.2 Å². The summed E-state index contributed by atoms with van der Waals surface area (Å²) in [5.74, 6) is 0.612. The van der Waals surface area contributed by atoms with Gasteiger partial charge in [0.2, 0.25) is 0 Å². The lowest BCUT2D eigenvalue weighted by Crippen LogP contribution is -2.46. The molecule has 2 N–H and O–H groups in total. The van der Waals surface area contributed by atoms with Crippen LogP contribution in [0.25, 0.3) is 0 Å². The van der Waals surface area contributed by atoms with Crippen molar-refractivity contribution in [2.45, 2.75) is 38.9 Å². The van der Waals surface area contributed by atoms with Crippen LogP contribution in [0.2, 0.25) is 0 Å². The number of aliphatic imine (C=N–C) groups is 1. The summed E-state index contributed by atoms with van der Waals surface area (Å²) in [7, 11) is 1.75. The van der Waals surface area contributed by atoms with Gasteiger partial charge in [0.15, 0.2) is 5.96 Å². The topological polar surface area (TPSA) is 48.9 Å². The van der Waals surface area contributed by atoms with Gasteiger partial charge in [-0.1, -0.05) is 18.2 Å². The van der Waals surface area contributed by atoms with Crippen LogP contribution in [0.3, 0.4) is 0 Å². The molecule has 1 saturated heterocycles. The molecule has 0 bridgehead atoms. The molecule has 0 amide bonds. The molecule has 2 unspecified atom stereocenters. The lowest BCUT2D eigenvalue weighted by molar-refractivity contribution is -0.0679. The van der Waals surface area contributed by atoms with E-state index in [9.17, 15) is 4.39 Å². The van der Waals surface area contributed by atoms with Gasteiger partial charge < -0.3 is 15.4 Å². The maximum absolute atomic E-state index is 13.6. The smallest absolute Gasteiger partial charge is 0.190 e. The van der Waals surface area contributed by atoms with Crippen molar-refractivity contribution in [2.75, 3.05) is 39.8 Å². The first-order valence-electron chi connectivity index (χ1n) is 9.14. The van der Waals surface area contributed by atoms with Gasteiger partial charge in [-0.15, -0.1) is 24.0 Å². The molecule has 1 aliphatic rings. The van der Waals surface area contributed by atoms with E-state index in [0.717, 1.165) is 44.1 Å². The van der Waals surface area contributed by atoms with Crippen molar-refractivity contribution >= 4 is 29.9 Å². The Morgan fingerprint density at radius 3 is 2.50 bits per heavy atom. The van der Waals surface area contributed by atoms with E-state index in [1.165, 1.54) is 6.07 Å². The van der Waals surface area contributed by atoms with E-state index in [-0.39, 0.29) is 29.8 Å². The second-order valence-electron chi connectivity index (χ2n) is 6.64. The monoisotopic (exact) mass is 478 g/mol. The van der Waals surface area contributed by atoms with E-state index in [0.29, 0.717) is 25.2 Å². The summed E-state index contributed by atoms with van der Waals surface area (Å²) in [5, 5.41) is 6.56. The number of benzene rings is 1. The van der Waals surface area contributed by atoms with Crippen LogP contribution >= 0.6 is 24.0 Å². The van der Waals surface area contributed by atoms with E-state index < -0.39 is 0 Å². The van der Waals surface area contributed by atoms with Crippen LogP contribution in [0, 0.1) is 5.82 Å². The minimum atomic E-state index is -0.152. The highest BCUT2D eigenvalue weighted by atomic mass is 127. The van der Waals surface area contributed by atoms with Crippen molar-refractivity contribution in [1.82, 2.24) is 15.5 Å². The third-order valence-electron chi connectivity index (χ3n) is 4.31. The van der Waals surface area contributed by atoms with Gasteiger partial charge in [-0.05, 0) is 38.3 Å². The van der Waals surface area contributed by atoms with E-state index in [1.807, 2.05) is 12.1 Å². The molecule has 5 nitrogen and oxygen atoms in total. The number of guanidine groups is 1. The Kier molecular flexibility index (Phi) is 11.1. The van der Waals surface area contributed by atoms with Crippen molar-refractivity contribution in [3.8, 4) is 0 Å². The van der Waals surface area contributed by atoms with Crippen molar-refractivity contribution in [1.29, 1.82) is 0 Å². The molecule has 0 aliphatic carbocycles. The lowest BCUT2D eigenvalue weighted by Gasteiger charge is -2.35. The molecule has 1 fully saturated rings. The second kappa shape index (κ2) is 12.5. The Morgan fingerprint density at radius 1 is 1.19 bits per heavy atom. The molecule has 2 rings (SSSR count). The molecule has 26 heavy (non-hydrogen) atoms. The molecule has 1 aliphatic heterocycles. The van der Waals surface area contributed by atoms with E-state index in [4.69, 9.17) is 4.74 Å². The number of morpholine rings is 1. The van der Waals surface area contributed by atoms with Gasteiger partial charge >= 0.3 is 0 Å². The van der Waals surface area contributed by atoms with Crippen molar-refractivity contribution in [3.05, 3.63) is 35.6 Å². The fourth-order valence-corrected chi connectivity index (χ4v) is 3.21. The van der Waals surface area contributed by atoms with Gasteiger partial charge in [0.25, 0.3) is 0 Å². The Morgan fingerprint density at radius 2 is 1.85 bits per heavy atom.